The number of methoxy groups -OCH3 is 1. The van der Waals surface area contributed by atoms with Crippen molar-refractivity contribution in [2.75, 3.05) is 12.4 Å². The standard InChI is InChI=1S/C18H22N2O4S/c1-12-7-5-6-8-16(12)19-18(21)14(3)20-25(22,23)15-9-10-17(24-4)13(2)11-15/h5-11,14,20H,1-4H3,(H,19,21)/t14-/m0/s1. The van der Waals surface area contributed by atoms with Gasteiger partial charge in [0.2, 0.25) is 15.9 Å². The molecule has 2 aromatic rings. The summed E-state index contributed by atoms with van der Waals surface area (Å²) < 4.78 is 32.5. The molecule has 134 valence electrons. The highest BCUT2D eigenvalue weighted by Gasteiger charge is 2.23. The second-order valence-corrected chi connectivity index (χ2v) is 7.49. The van der Waals surface area contributed by atoms with E-state index in [0.717, 1.165) is 5.56 Å². The first-order chi connectivity index (χ1) is 11.7. The Morgan fingerprint density at radius 2 is 1.76 bits per heavy atom. The average molecular weight is 362 g/mol. The van der Waals surface area contributed by atoms with E-state index in [1.807, 2.05) is 19.1 Å². The summed E-state index contributed by atoms with van der Waals surface area (Å²) in [6.45, 7) is 5.12. The van der Waals surface area contributed by atoms with Gasteiger partial charge in [0.25, 0.3) is 0 Å². The number of carbonyl (C=O) groups excluding carboxylic acids is 1. The molecule has 0 aromatic heterocycles. The molecule has 2 N–H and O–H groups in total. The van der Waals surface area contributed by atoms with Crippen LogP contribution in [0.25, 0.3) is 0 Å². The molecule has 2 rings (SSSR count). The first kappa shape index (κ1) is 19.0. The Labute approximate surface area is 148 Å². The van der Waals surface area contributed by atoms with E-state index < -0.39 is 22.0 Å². The minimum Gasteiger partial charge on any atom is -0.496 e. The van der Waals surface area contributed by atoms with Crippen molar-refractivity contribution in [3.63, 3.8) is 0 Å². The normalized spacial score (nSPS) is 12.5. The van der Waals surface area contributed by atoms with Gasteiger partial charge in [-0.3, -0.25) is 4.79 Å². The van der Waals surface area contributed by atoms with Crippen molar-refractivity contribution < 1.29 is 17.9 Å². The molecular weight excluding hydrogens is 340 g/mol. The summed E-state index contributed by atoms with van der Waals surface area (Å²) in [5.74, 6) is 0.174. The van der Waals surface area contributed by atoms with Gasteiger partial charge in [0, 0.05) is 5.69 Å². The summed E-state index contributed by atoms with van der Waals surface area (Å²) in [5, 5.41) is 2.73. The maximum absolute atomic E-state index is 12.5. The van der Waals surface area contributed by atoms with Crippen LogP contribution in [0.1, 0.15) is 18.1 Å². The topological polar surface area (TPSA) is 84.5 Å². The molecule has 0 saturated carbocycles. The molecule has 0 saturated heterocycles. The van der Waals surface area contributed by atoms with Crippen LogP contribution in [-0.4, -0.2) is 27.5 Å². The number of para-hydroxylation sites is 1. The molecule has 0 aliphatic carbocycles. The van der Waals surface area contributed by atoms with Gasteiger partial charge in [-0.1, -0.05) is 18.2 Å². The molecule has 0 spiro atoms. The minimum atomic E-state index is -3.82. The second-order valence-electron chi connectivity index (χ2n) is 5.78. The Balaban J connectivity index is 2.12. The maximum Gasteiger partial charge on any atom is 0.242 e. The van der Waals surface area contributed by atoms with Gasteiger partial charge in [-0.15, -0.1) is 0 Å². The summed E-state index contributed by atoms with van der Waals surface area (Å²) in [6.07, 6.45) is 0. The lowest BCUT2D eigenvalue weighted by Gasteiger charge is -2.16. The van der Waals surface area contributed by atoms with Gasteiger partial charge in [-0.05, 0) is 56.2 Å². The maximum atomic E-state index is 12.5. The van der Waals surface area contributed by atoms with Crippen molar-refractivity contribution in [2.45, 2.75) is 31.7 Å². The quantitative estimate of drug-likeness (QED) is 0.827. The monoisotopic (exact) mass is 362 g/mol. The van der Waals surface area contributed by atoms with Crippen LogP contribution in [0.5, 0.6) is 5.75 Å². The fourth-order valence-corrected chi connectivity index (χ4v) is 3.61. The minimum absolute atomic E-state index is 0.0846. The van der Waals surface area contributed by atoms with Crippen LogP contribution in [0, 0.1) is 13.8 Å². The zero-order chi connectivity index (χ0) is 18.6. The van der Waals surface area contributed by atoms with E-state index in [0.29, 0.717) is 17.0 Å². The number of amides is 1. The summed E-state index contributed by atoms with van der Waals surface area (Å²) in [6, 6.07) is 10.9. The molecule has 0 radical (unpaired) electrons. The zero-order valence-electron chi connectivity index (χ0n) is 14.7. The van der Waals surface area contributed by atoms with E-state index >= 15 is 0 Å². The molecule has 1 atom stereocenters. The SMILES string of the molecule is COc1ccc(S(=O)(=O)N[C@@H](C)C(=O)Nc2ccccc2C)cc1C. The highest BCUT2D eigenvalue weighted by atomic mass is 32.2. The Kier molecular flexibility index (Phi) is 5.81. The number of nitrogens with one attached hydrogen (secondary N) is 2. The Morgan fingerprint density at radius 3 is 2.36 bits per heavy atom. The molecule has 0 unspecified atom stereocenters. The third-order valence-electron chi connectivity index (χ3n) is 3.80. The number of ether oxygens (including phenoxy) is 1. The molecule has 0 bridgehead atoms. The van der Waals surface area contributed by atoms with Crippen molar-refractivity contribution in [2.24, 2.45) is 0 Å². The van der Waals surface area contributed by atoms with Crippen molar-refractivity contribution >= 4 is 21.6 Å². The van der Waals surface area contributed by atoms with Gasteiger partial charge in [0.05, 0.1) is 18.0 Å². The second kappa shape index (κ2) is 7.67. The number of hydrogen-bond acceptors (Lipinski definition) is 4. The van der Waals surface area contributed by atoms with Gasteiger partial charge >= 0.3 is 0 Å². The Morgan fingerprint density at radius 1 is 1.08 bits per heavy atom. The van der Waals surface area contributed by atoms with Gasteiger partial charge in [-0.25, -0.2) is 8.42 Å². The van der Waals surface area contributed by atoms with Crippen LogP contribution in [0.2, 0.25) is 0 Å². The van der Waals surface area contributed by atoms with Crippen LogP contribution in [0.3, 0.4) is 0 Å². The highest BCUT2D eigenvalue weighted by molar-refractivity contribution is 7.89. The number of sulfonamides is 1. The summed E-state index contributed by atoms with van der Waals surface area (Å²) in [5.41, 5.74) is 2.25. The van der Waals surface area contributed by atoms with E-state index in [4.69, 9.17) is 4.74 Å². The van der Waals surface area contributed by atoms with Crippen LogP contribution in [0.4, 0.5) is 5.69 Å². The predicted molar refractivity (Wildman–Crippen MR) is 97.3 cm³/mol. The molecule has 25 heavy (non-hydrogen) atoms. The van der Waals surface area contributed by atoms with E-state index in [9.17, 15) is 13.2 Å². The molecule has 6 nitrogen and oxygen atoms in total. The molecule has 0 heterocycles. The van der Waals surface area contributed by atoms with Crippen LogP contribution < -0.4 is 14.8 Å². The van der Waals surface area contributed by atoms with Crippen molar-refractivity contribution in [1.29, 1.82) is 0 Å². The average Bonchev–Trinajstić information content (AvgIpc) is 2.56. The molecule has 1 amide bonds. The molecule has 7 heteroatoms. The van der Waals surface area contributed by atoms with E-state index in [-0.39, 0.29) is 4.90 Å². The van der Waals surface area contributed by atoms with Gasteiger partial charge < -0.3 is 10.1 Å². The number of carbonyl (C=O) groups is 1. The van der Waals surface area contributed by atoms with E-state index in [2.05, 4.69) is 10.0 Å². The summed E-state index contributed by atoms with van der Waals surface area (Å²) >= 11 is 0. The number of anilines is 1. The fourth-order valence-electron chi connectivity index (χ4n) is 2.33. The molecule has 0 fully saturated rings. The lowest BCUT2D eigenvalue weighted by molar-refractivity contribution is -0.117. The predicted octanol–water partition coefficient (Wildman–Crippen LogP) is 2.62. The fraction of sp³-hybridized carbons (Fsp3) is 0.278. The van der Waals surface area contributed by atoms with Gasteiger partial charge in [-0.2, -0.15) is 4.72 Å². The molecular formula is C18H22N2O4S. The smallest absolute Gasteiger partial charge is 0.242 e. The van der Waals surface area contributed by atoms with Crippen molar-refractivity contribution in [1.82, 2.24) is 4.72 Å². The summed E-state index contributed by atoms with van der Waals surface area (Å²) in [7, 11) is -2.30. The van der Waals surface area contributed by atoms with Crippen LogP contribution in [0.15, 0.2) is 47.4 Å². The van der Waals surface area contributed by atoms with Gasteiger partial charge in [0.15, 0.2) is 0 Å². The number of hydrogen-bond donors (Lipinski definition) is 2. The lowest BCUT2D eigenvalue weighted by atomic mass is 10.2. The Hall–Kier alpha value is -2.38. The number of aryl methyl sites for hydroxylation is 2. The molecule has 0 aliphatic rings. The van der Waals surface area contributed by atoms with Gasteiger partial charge in [0.1, 0.15) is 5.75 Å². The highest BCUT2D eigenvalue weighted by Crippen LogP contribution is 2.21. The lowest BCUT2D eigenvalue weighted by Crippen LogP contribution is -2.41. The van der Waals surface area contributed by atoms with Crippen LogP contribution in [-0.2, 0) is 14.8 Å². The molecule has 2 aromatic carbocycles. The largest absolute Gasteiger partial charge is 0.496 e. The third kappa shape index (κ3) is 4.58. The summed E-state index contributed by atoms with van der Waals surface area (Å²) in [4.78, 5) is 12.4. The van der Waals surface area contributed by atoms with Crippen molar-refractivity contribution in [3.05, 3.63) is 53.6 Å². The van der Waals surface area contributed by atoms with Crippen LogP contribution >= 0.6 is 0 Å². The number of rotatable bonds is 6. The van der Waals surface area contributed by atoms with E-state index in [1.165, 1.54) is 26.2 Å². The third-order valence-corrected chi connectivity index (χ3v) is 5.34. The first-order valence-electron chi connectivity index (χ1n) is 7.78. The Bertz CT molecular complexity index is 878. The van der Waals surface area contributed by atoms with Crippen molar-refractivity contribution in [3.8, 4) is 5.75 Å². The van der Waals surface area contributed by atoms with E-state index in [1.54, 1.807) is 25.1 Å². The molecule has 0 aliphatic heterocycles. The zero-order valence-corrected chi connectivity index (χ0v) is 15.5. The first-order valence-corrected chi connectivity index (χ1v) is 9.26. The number of benzene rings is 2.